The number of rotatable bonds is 7. The standard InChI is InChI=1S/C14H23N3O2/c1-4-17(5-2)10-9-16-12-8-6-7-11(13(12)15)14(18)19-3/h6-8,16H,4-5,9-10,15H2,1-3H3. The van der Waals surface area contributed by atoms with Crippen molar-refractivity contribution in [3.05, 3.63) is 23.8 Å². The van der Waals surface area contributed by atoms with E-state index in [1.54, 1.807) is 12.1 Å². The van der Waals surface area contributed by atoms with E-state index in [-0.39, 0.29) is 0 Å². The molecule has 0 aromatic heterocycles. The van der Waals surface area contributed by atoms with Gasteiger partial charge in [-0.05, 0) is 25.2 Å². The number of carbonyl (C=O) groups excluding carboxylic acids is 1. The maximum atomic E-state index is 11.5. The summed E-state index contributed by atoms with van der Waals surface area (Å²) in [7, 11) is 1.35. The van der Waals surface area contributed by atoms with Crippen LogP contribution in [0.4, 0.5) is 11.4 Å². The first-order valence-electron chi connectivity index (χ1n) is 6.57. The third-order valence-corrected chi connectivity index (χ3v) is 3.15. The molecular weight excluding hydrogens is 242 g/mol. The van der Waals surface area contributed by atoms with Crippen LogP contribution in [0.2, 0.25) is 0 Å². The number of hydrogen-bond donors (Lipinski definition) is 2. The van der Waals surface area contributed by atoms with Gasteiger partial charge in [-0.2, -0.15) is 0 Å². The molecule has 0 atom stereocenters. The zero-order chi connectivity index (χ0) is 14.3. The van der Waals surface area contributed by atoms with Crippen molar-refractivity contribution in [1.82, 2.24) is 4.90 Å². The van der Waals surface area contributed by atoms with Crippen LogP contribution in [0, 0.1) is 0 Å². The molecule has 0 heterocycles. The number of esters is 1. The normalized spacial score (nSPS) is 10.5. The van der Waals surface area contributed by atoms with E-state index in [1.807, 2.05) is 6.07 Å². The van der Waals surface area contributed by atoms with Crippen LogP contribution in [-0.4, -0.2) is 44.2 Å². The number of nitrogens with zero attached hydrogens (tertiary/aromatic N) is 1. The van der Waals surface area contributed by atoms with E-state index < -0.39 is 5.97 Å². The Morgan fingerprint density at radius 2 is 2.05 bits per heavy atom. The van der Waals surface area contributed by atoms with E-state index in [0.717, 1.165) is 31.9 Å². The van der Waals surface area contributed by atoms with Crippen LogP contribution in [0.15, 0.2) is 18.2 Å². The SMILES string of the molecule is CCN(CC)CCNc1cccc(C(=O)OC)c1N. The van der Waals surface area contributed by atoms with Crippen molar-refractivity contribution in [1.29, 1.82) is 0 Å². The highest BCUT2D eigenvalue weighted by Gasteiger charge is 2.12. The van der Waals surface area contributed by atoms with Crippen molar-refractivity contribution in [3.8, 4) is 0 Å². The Kier molecular flexibility index (Phi) is 6.15. The second-order valence-electron chi connectivity index (χ2n) is 4.21. The van der Waals surface area contributed by atoms with Crippen LogP contribution in [0.1, 0.15) is 24.2 Å². The van der Waals surface area contributed by atoms with E-state index in [4.69, 9.17) is 10.5 Å². The predicted molar refractivity (Wildman–Crippen MR) is 78.5 cm³/mol. The van der Waals surface area contributed by atoms with Gasteiger partial charge < -0.3 is 20.7 Å². The van der Waals surface area contributed by atoms with E-state index in [1.165, 1.54) is 7.11 Å². The third-order valence-electron chi connectivity index (χ3n) is 3.15. The average Bonchev–Trinajstić information content (AvgIpc) is 2.44. The van der Waals surface area contributed by atoms with Gasteiger partial charge in [0.05, 0.1) is 24.0 Å². The molecule has 3 N–H and O–H groups in total. The number of likely N-dealkylation sites (N-methyl/N-ethyl adjacent to an activating group) is 1. The lowest BCUT2D eigenvalue weighted by molar-refractivity contribution is 0.0602. The molecule has 0 fully saturated rings. The Hall–Kier alpha value is -1.75. The second-order valence-corrected chi connectivity index (χ2v) is 4.21. The topological polar surface area (TPSA) is 67.6 Å². The molecule has 1 rings (SSSR count). The highest BCUT2D eigenvalue weighted by Crippen LogP contribution is 2.23. The van der Waals surface area contributed by atoms with Crippen LogP contribution in [0.25, 0.3) is 0 Å². The van der Waals surface area contributed by atoms with Crippen LogP contribution >= 0.6 is 0 Å². The highest BCUT2D eigenvalue weighted by molar-refractivity contribution is 5.98. The summed E-state index contributed by atoms with van der Waals surface area (Å²) in [6.07, 6.45) is 0. The Morgan fingerprint density at radius 3 is 2.63 bits per heavy atom. The van der Waals surface area contributed by atoms with Crippen LogP contribution < -0.4 is 11.1 Å². The number of anilines is 2. The van der Waals surface area contributed by atoms with Gasteiger partial charge in [0.15, 0.2) is 0 Å². The number of para-hydroxylation sites is 1. The maximum absolute atomic E-state index is 11.5. The number of hydrogen-bond acceptors (Lipinski definition) is 5. The van der Waals surface area contributed by atoms with Crippen molar-refractivity contribution in [2.45, 2.75) is 13.8 Å². The summed E-state index contributed by atoms with van der Waals surface area (Å²) in [6, 6.07) is 5.32. The number of nitrogen functional groups attached to an aromatic ring is 1. The molecule has 0 bridgehead atoms. The molecule has 0 saturated heterocycles. The molecule has 0 saturated carbocycles. The molecule has 0 radical (unpaired) electrons. The van der Waals surface area contributed by atoms with Crippen molar-refractivity contribution in [2.75, 3.05) is 44.3 Å². The van der Waals surface area contributed by atoms with Crippen LogP contribution in [-0.2, 0) is 4.74 Å². The summed E-state index contributed by atoms with van der Waals surface area (Å²) in [6.45, 7) is 8.04. The van der Waals surface area contributed by atoms with Gasteiger partial charge in [0.2, 0.25) is 0 Å². The molecule has 19 heavy (non-hydrogen) atoms. The van der Waals surface area contributed by atoms with Crippen LogP contribution in [0.3, 0.4) is 0 Å². The molecule has 0 spiro atoms. The molecular formula is C14H23N3O2. The molecule has 5 nitrogen and oxygen atoms in total. The predicted octanol–water partition coefficient (Wildman–Crippen LogP) is 1.81. The van der Waals surface area contributed by atoms with Gasteiger partial charge in [-0.25, -0.2) is 4.79 Å². The lowest BCUT2D eigenvalue weighted by atomic mass is 10.1. The van der Waals surface area contributed by atoms with Gasteiger partial charge >= 0.3 is 5.97 Å². The first-order chi connectivity index (χ1) is 9.13. The summed E-state index contributed by atoms with van der Waals surface area (Å²) in [5.74, 6) is -0.412. The molecule has 0 unspecified atom stereocenters. The van der Waals surface area contributed by atoms with Gasteiger partial charge in [-0.1, -0.05) is 19.9 Å². The quantitative estimate of drug-likeness (QED) is 0.581. The lowest BCUT2D eigenvalue weighted by Gasteiger charge is -2.19. The van der Waals surface area contributed by atoms with Gasteiger partial charge in [0.1, 0.15) is 0 Å². The fraction of sp³-hybridized carbons (Fsp3) is 0.500. The molecule has 106 valence electrons. The number of carbonyl (C=O) groups is 1. The number of benzene rings is 1. The summed E-state index contributed by atoms with van der Waals surface area (Å²) >= 11 is 0. The smallest absolute Gasteiger partial charge is 0.340 e. The van der Waals surface area contributed by atoms with Crippen molar-refractivity contribution in [2.24, 2.45) is 0 Å². The third kappa shape index (κ3) is 4.13. The first-order valence-corrected chi connectivity index (χ1v) is 6.57. The number of nitrogens with one attached hydrogen (secondary N) is 1. The zero-order valence-corrected chi connectivity index (χ0v) is 11.9. The Labute approximate surface area is 114 Å². The molecule has 0 amide bonds. The summed E-state index contributed by atoms with van der Waals surface area (Å²) in [4.78, 5) is 13.8. The van der Waals surface area contributed by atoms with Gasteiger partial charge in [-0.3, -0.25) is 0 Å². The second kappa shape index (κ2) is 7.63. The summed E-state index contributed by atoms with van der Waals surface area (Å²) in [5, 5.41) is 3.26. The Balaban J connectivity index is 2.66. The fourth-order valence-electron chi connectivity index (χ4n) is 1.90. The van der Waals surface area contributed by atoms with Gasteiger partial charge in [-0.15, -0.1) is 0 Å². The average molecular weight is 265 g/mol. The molecule has 0 aliphatic rings. The van der Waals surface area contributed by atoms with Crippen molar-refractivity contribution < 1.29 is 9.53 Å². The van der Waals surface area contributed by atoms with Crippen molar-refractivity contribution >= 4 is 17.3 Å². The maximum Gasteiger partial charge on any atom is 0.340 e. The van der Waals surface area contributed by atoms with E-state index in [2.05, 4.69) is 24.1 Å². The van der Waals surface area contributed by atoms with E-state index in [0.29, 0.717) is 11.3 Å². The van der Waals surface area contributed by atoms with E-state index >= 15 is 0 Å². The largest absolute Gasteiger partial charge is 0.465 e. The van der Waals surface area contributed by atoms with Crippen LogP contribution in [0.5, 0.6) is 0 Å². The number of methoxy groups -OCH3 is 1. The lowest BCUT2D eigenvalue weighted by Crippen LogP contribution is -2.28. The fourth-order valence-corrected chi connectivity index (χ4v) is 1.90. The number of ether oxygens (including phenoxy) is 1. The van der Waals surface area contributed by atoms with Gasteiger partial charge in [0, 0.05) is 13.1 Å². The first kappa shape index (κ1) is 15.3. The molecule has 0 aliphatic heterocycles. The molecule has 1 aromatic rings. The minimum absolute atomic E-state index is 0.398. The Morgan fingerprint density at radius 1 is 1.37 bits per heavy atom. The van der Waals surface area contributed by atoms with Gasteiger partial charge in [0.25, 0.3) is 0 Å². The minimum Gasteiger partial charge on any atom is -0.465 e. The Bertz CT molecular complexity index is 417. The zero-order valence-electron chi connectivity index (χ0n) is 11.9. The number of nitrogens with two attached hydrogens (primary N) is 1. The monoisotopic (exact) mass is 265 g/mol. The summed E-state index contributed by atoms with van der Waals surface area (Å²) in [5.41, 5.74) is 7.58. The van der Waals surface area contributed by atoms with Crippen molar-refractivity contribution in [3.63, 3.8) is 0 Å². The molecule has 0 aliphatic carbocycles. The van der Waals surface area contributed by atoms with E-state index in [9.17, 15) is 4.79 Å². The molecule has 5 heteroatoms. The highest BCUT2D eigenvalue weighted by atomic mass is 16.5. The molecule has 1 aromatic carbocycles. The summed E-state index contributed by atoms with van der Waals surface area (Å²) < 4.78 is 4.69. The minimum atomic E-state index is -0.412.